The lowest BCUT2D eigenvalue weighted by molar-refractivity contribution is 0.0975. The number of thiazole rings is 2. The van der Waals surface area contributed by atoms with Gasteiger partial charge < -0.3 is 15.6 Å². The molecule has 3 aromatic heterocycles. The summed E-state index contributed by atoms with van der Waals surface area (Å²) in [4.78, 5) is 49.2. The van der Waals surface area contributed by atoms with Crippen molar-refractivity contribution >= 4 is 83.8 Å². The van der Waals surface area contributed by atoms with E-state index in [-0.39, 0.29) is 23.7 Å². The molecule has 1 aliphatic heterocycles. The fraction of sp³-hybridized carbons (Fsp3) is 0.222. The molecular weight excluding hydrogens is 937 g/mol. The van der Waals surface area contributed by atoms with Crippen LogP contribution in [0.2, 0.25) is 0 Å². The van der Waals surface area contributed by atoms with E-state index < -0.39 is 0 Å². The zero-order chi connectivity index (χ0) is 51.2. The first-order chi connectivity index (χ1) is 35.1. The van der Waals surface area contributed by atoms with Crippen molar-refractivity contribution in [2.75, 3.05) is 5.32 Å². The van der Waals surface area contributed by atoms with Crippen molar-refractivity contribution < 1.29 is 9.59 Å². The third-order valence-corrected chi connectivity index (χ3v) is 15.9. The summed E-state index contributed by atoms with van der Waals surface area (Å²) < 4.78 is 2.06. The Bertz CT molecular complexity index is 3660. The molecule has 0 saturated carbocycles. The quantitative estimate of drug-likeness (QED) is 0.113. The van der Waals surface area contributed by atoms with Gasteiger partial charge in [-0.3, -0.25) is 9.59 Å². The van der Waals surface area contributed by atoms with E-state index in [1.165, 1.54) is 16.7 Å². The maximum atomic E-state index is 14.6. The molecule has 2 amide bonds. The van der Waals surface area contributed by atoms with Crippen LogP contribution >= 0.6 is 22.7 Å². The Morgan fingerprint density at radius 1 is 0.534 bits per heavy atom. The molecule has 366 valence electrons. The second kappa shape index (κ2) is 20.2. The topological polar surface area (TPSA) is 112 Å². The summed E-state index contributed by atoms with van der Waals surface area (Å²) in [6.07, 6.45) is 2.10. The Balaban J connectivity index is 1.32. The van der Waals surface area contributed by atoms with E-state index in [1.54, 1.807) is 22.7 Å². The molecule has 4 heterocycles. The number of rotatable bonds is 12. The van der Waals surface area contributed by atoms with Crippen LogP contribution in [0.1, 0.15) is 149 Å². The van der Waals surface area contributed by atoms with Crippen LogP contribution in [-0.2, 0) is 0 Å². The van der Waals surface area contributed by atoms with Gasteiger partial charge >= 0.3 is 0 Å². The van der Waals surface area contributed by atoms with Gasteiger partial charge in [0.25, 0.3) is 11.8 Å². The number of fused-ring (bicyclic) bond motifs is 2. The smallest absolute Gasteiger partial charge is 0.257 e. The normalized spacial score (nSPS) is 13.5. The summed E-state index contributed by atoms with van der Waals surface area (Å²) in [6.45, 7) is 21.7. The number of H-pyrrole nitrogens is 1. The SMILES string of the molecule is Cc1ccccc1C(=O)NC1=NC(=Cc2[nH]c(NC(=O)c3ccccc3C)c(-c3nc4ccccc4s3)c2-c2ccc(C(C)C)cc2C(C)C)C(c2ccc(C(C)C)cc2C(C)C)=C1c1nc2ccccc2s1. The molecule has 0 saturated heterocycles. The van der Waals surface area contributed by atoms with E-state index in [4.69, 9.17) is 15.0 Å². The van der Waals surface area contributed by atoms with Crippen molar-refractivity contribution in [3.63, 3.8) is 0 Å². The number of aliphatic imine (C=N–C) groups is 1. The second-order valence-corrected chi connectivity index (χ2v) is 22.3. The molecule has 9 aromatic rings. The molecule has 6 aromatic carbocycles. The highest BCUT2D eigenvalue weighted by atomic mass is 32.1. The first-order valence-electron chi connectivity index (χ1n) is 25.2. The summed E-state index contributed by atoms with van der Waals surface area (Å²) >= 11 is 3.18. The number of hydrogen-bond donors (Lipinski definition) is 3. The van der Waals surface area contributed by atoms with Gasteiger partial charge in [0.05, 0.1) is 43.0 Å². The number of aryl methyl sites for hydroxylation is 2. The Morgan fingerprint density at radius 3 is 1.58 bits per heavy atom. The van der Waals surface area contributed by atoms with Crippen molar-refractivity contribution in [2.45, 2.75) is 92.9 Å². The molecule has 0 fully saturated rings. The maximum Gasteiger partial charge on any atom is 0.257 e. The van der Waals surface area contributed by atoms with Crippen LogP contribution in [0.25, 0.3) is 59.4 Å². The van der Waals surface area contributed by atoms with Gasteiger partial charge in [-0.15, -0.1) is 22.7 Å². The average molecular weight is 997 g/mol. The molecule has 10 rings (SSSR count). The van der Waals surface area contributed by atoms with Crippen molar-refractivity contribution in [1.82, 2.24) is 20.3 Å². The highest BCUT2D eigenvalue weighted by Crippen LogP contribution is 2.50. The number of amides is 2. The van der Waals surface area contributed by atoms with E-state index in [9.17, 15) is 9.59 Å². The van der Waals surface area contributed by atoms with Crippen molar-refractivity contribution in [2.24, 2.45) is 4.99 Å². The first kappa shape index (κ1) is 49.1. The van der Waals surface area contributed by atoms with E-state index in [0.717, 1.165) is 86.2 Å². The number of nitrogens with one attached hydrogen (secondary N) is 3. The lowest BCUT2D eigenvalue weighted by Crippen LogP contribution is -2.31. The van der Waals surface area contributed by atoms with Crippen molar-refractivity contribution in [3.8, 4) is 21.7 Å². The number of amidine groups is 1. The van der Waals surface area contributed by atoms with Gasteiger partial charge in [-0.1, -0.05) is 152 Å². The van der Waals surface area contributed by atoms with Crippen LogP contribution in [0.15, 0.2) is 144 Å². The van der Waals surface area contributed by atoms with Crippen LogP contribution in [0.3, 0.4) is 0 Å². The number of carbonyl (C=O) groups is 2. The van der Waals surface area contributed by atoms with Crippen LogP contribution in [0, 0.1) is 13.8 Å². The molecule has 10 heteroatoms. The van der Waals surface area contributed by atoms with E-state index in [1.807, 2.05) is 98.8 Å². The molecule has 73 heavy (non-hydrogen) atoms. The Kier molecular flexibility index (Phi) is 13.6. The zero-order valence-corrected chi connectivity index (χ0v) is 44.7. The molecule has 0 bridgehead atoms. The summed E-state index contributed by atoms with van der Waals surface area (Å²) in [5.74, 6) is 1.31. The highest BCUT2D eigenvalue weighted by Gasteiger charge is 2.34. The number of hydrogen-bond acceptors (Lipinski definition) is 7. The Morgan fingerprint density at radius 2 is 1.03 bits per heavy atom. The predicted molar refractivity (Wildman–Crippen MR) is 307 cm³/mol. The van der Waals surface area contributed by atoms with Gasteiger partial charge in [0, 0.05) is 22.3 Å². The van der Waals surface area contributed by atoms with Crippen molar-refractivity contribution in [1.29, 1.82) is 0 Å². The van der Waals surface area contributed by atoms with Gasteiger partial charge in [-0.25, -0.2) is 15.0 Å². The number of anilines is 1. The minimum Gasteiger partial charge on any atom is -0.341 e. The Hall–Kier alpha value is -7.53. The van der Waals surface area contributed by atoms with Gasteiger partial charge in [-0.05, 0) is 125 Å². The van der Waals surface area contributed by atoms with Crippen LogP contribution in [-0.4, -0.2) is 32.6 Å². The number of allylic oxidation sites excluding steroid dienone is 1. The molecule has 0 unspecified atom stereocenters. The van der Waals surface area contributed by atoms with Crippen LogP contribution in [0.4, 0.5) is 5.82 Å². The third kappa shape index (κ3) is 9.53. The minimum atomic E-state index is -0.262. The number of carbonyl (C=O) groups excluding carboxylic acids is 2. The van der Waals surface area contributed by atoms with Gasteiger partial charge in [0.2, 0.25) is 0 Å². The molecule has 0 aliphatic carbocycles. The number of aromatic nitrogens is 3. The third-order valence-electron chi connectivity index (χ3n) is 13.8. The number of nitrogens with zero attached hydrogens (tertiary/aromatic N) is 3. The zero-order valence-electron chi connectivity index (χ0n) is 43.1. The largest absolute Gasteiger partial charge is 0.341 e. The van der Waals surface area contributed by atoms with E-state index in [0.29, 0.717) is 40.3 Å². The summed E-state index contributed by atoms with van der Waals surface area (Å²) in [6, 6.07) is 45.1. The summed E-state index contributed by atoms with van der Waals surface area (Å²) in [7, 11) is 0. The van der Waals surface area contributed by atoms with Gasteiger partial charge in [-0.2, -0.15) is 0 Å². The summed E-state index contributed by atoms with van der Waals surface area (Å²) in [5, 5.41) is 8.19. The Labute approximate surface area is 436 Å². The summed E-state index contributed by atoms with van der Waals surface area (Å²) in [5.41, 5.74) is 16.0. The number of para-hydroxylation sites is 2. The lowest BCUT2D eigenvalue weighted by Gasteiger charge is -2.19. The van der Waals surface area contributed by atoms with Crippen LogP contribution in [0.5, 0.6) is 0 Å². The molecule has 0 radical (unpaired) electrons. The highest BCUT2D eigenvalue weighted by molar-refractivity contribution is 7.21. The molecule has 3 N–H and O–H groups in total. The molecular formula is C63H60N6O2S2. The average Bonchev–Trinajstić information content (AvgIpc) is 4.16. The first-order valence-corrected chi connectivity index (χ1v) is 26.8. The molecule has 0 atom stereocenters. The minimum absolute atomic E-state index is 0.132. The number of aromatic amines is 1. The van der Waals surface area contributed by atoms with E-state index >= 15 is 0 Å². The number of benzene rings is 6. The van der Waals surface area contributed by atoms with E-state index in [2.05, 4.69) is 126 Å². The fourth-order valence-corrected chi connectivity index (χ4v) is 11.8. The monoisotopic (exact) mass is 996 g/mol. The van der Waals surface area contributed by atoms with Crippen LogP contribution < -0.4 is 10.6 Å². The standard InChI is InChI=1S/C63H60N6O2S2/c1-34(2)40-27-29-44(46(31-40)36(5)6)54-50(64-58(68-60(70)42-21-13-11-19-38(42)9)56(54)62-66-48-23-15-17-25-52(48)72-62)33-51-55(45-30-28-41(35(3)4)32-47(45)37(7)8)57(63-67-49-24-16-18-26-53(49)73-63)59(65-51)69-61(71)43-22-14-12-20-39(43)10/h11-37,64H,1-10H3,(H,68,70)(H,65,69,71). The van der Waals surface area contributed by atoms with Crippen molar-refractivity contribution in [3.05, 3.63) is 200 Å². The predicted octanol–water partition coefficient (Wildman–Crippen LogP) is 16.7. The molecule has 8 nitrogen and oxygen atoms in total. The van der Waals surface area contributed by atoms with Gasteiger partial charge in [0.1, 0.15) is 21.7 Å². The molecule has 0 spiro atoms. The maximum absolute atomic E-state index is 14.6. The van der Waals surface area contributed by atoms with Gasteiger partial charge in [0.15, 0.2) is 0 Å². The fourth-order valence-electron chi connectivity index (χ4n) is 9.77. The lowest BCUT2D eigenvalue weighted by atomic mass is 9.85. The second-order valence-electron chi connectivity index (χ2n) is 20.2. The molecule has 1 aliphatic rings.